The zero-order chi connectivity index (χ0) is 23.8. The molecule has 1 aliphatic rings. The van der Waals surface area contributed by atoms with E-state index in [4.69, 9.17) is 9.47 Å². The molecule has 0 bridgehead atoms. The molecule has 3 aromatic carbocycles. The molecule has 1 aliphatic heterocycles. The van der Waals surface area contributed by atoms with Crippen LogP contribution in [0.5, 0.6) is 11.5 Å². The Morgan fingerprint density at radius 3 is 2.38 bits per heavy atom. The van der Waals surface area contributed by atoms with Gasteiger partial charge in [0, 0.05) is 25.7 Å². The van der Waals surface area contributed by atoms with Gasteiger partial charge in [0.25, 0.3) is 0 Å². The van der Waals surface area contributed by atoms with Crippen molar-refractivity contribution in [1.29, 1.82) is 0 Å². The van der Waals surface area contributed by atoms with Crippen molar-refractivity contribution >= 4 is 5.91 Å². The Bertz CT molecular complexity index is 1050. The lowest BCUT2D eigenvalue weighted by atomic mass is 9.88. The predicted octanol–water partition coefficient (Wildman–Crippen LogP) is 5.02. The first-order chi connectivity index (χ1) is 16.7. The summed E-state index contributed by atoms with van der Waals surface area (Å²) in [5.41, 5.74) is 3.69. The summed E-state index contributed by atoms with van der Waals surface area (Å²) < 4.78 is 10.6. The van der Waals surface area contributed by atoms with Gasteiger partial charge in [-0.15, -0.1) is 0 Å². The second kappa shape index (κ2) is 11.7. The van der Waals surface area contributed by atoms with Crippen molar-refractivity contribution in [3.05, 3.63) is 95.6 Å². The molecule has 0 unspecified atom stereocenters. The molecule has 0 radical (unpaired) electrons. The van der Waals surface area contributed by atoms with Crippen molar-refractivity contribution in [3.8, 4) is 11.5 Å². The fourth-order valence-electron chi connectivity index (χ4n) is 4.76. The van der Waals surface area contributed by atoms with Crippen LogP contribution in [0.4, 0.5) is 0 Å². The van der Waals surface area contributed by atoms with Crippen molar-refractivity contribution < 1.29 is 14.3 Å². The molecule has 5 heteroatoms. The quantitative estimate of drug-likeness (QED) is 0.489. The van der Waals surface area contributed by atoms with Crippen LogP contribution in [0.25, 0.3) is 0 Å². The fraction of sp³-hybridized carbons (Fsp3) is 0.345. The van der Waals surface area contributed by atoms with Crippen molar-refractivity contribution in [1.82, 2.24) is 10.2 Å². The molecule has 3 aromatic rings. The minimum absolute atomic E-state index is 0.0126. The molecule has 1 heterocycles. The predicted molar refractivity (Wildman–Crippen MR) is 135 cm³/mol. The van der Waals surface area contributed by atoms with Crippen LogP contribution in [0.3, 0.4) is 0 Å². The Morgan fingerprint density at radius 2 is 1.65 bits per heavy atom. The van der Waals surface area contributed by atoms with E-state index in [2.05, 4.69) is 52.7 Å². The minimum Gasteiger partial charge on any atom is -0.497 e. The number of piperidine rings is 1. The lowest BCUT2D eigenvalue weighted by Crippen LogP contribution is -2.44. The van der Waals surface area contributed by atoms with Gasteiger partial charge in [0.1, 0.15) is 11.5 Å². The Kier molecular flexibility index (Phi) is 8.21. The number of nitrogens with one attached hydrogen (secondary N) is 1. The number of hydrogen-bond donors (Lipinski definition) is 1. The van der Waals surface area contributed by atoms with Crippen molar-refractivity contribution in [2.24, 2.45) is 5.92 Å². The van der Waals surface area contributed by atoms with Crippen LogP contribution in [-0.4, -0.2) is 38.1 Å². The lowest BCUT2D eigenvalue weighted by molar-refractivity contribution is -0.127. The minimum atomic E-state index is -0.0126. The van der Waals surface area contributed by atoms with Gasteiger partial charge in [-0.05, 0) is 60.2 Å². The summed E-state index contributed by atoms with van der Waals surface area (Å²) in [7, 11) is 3.36. The Morgan fingerprint density at radius 1 is 0.882 bits per heavy atom. The van der Waals surface area contributed by atoms with Gasteiger partial charge in [-0.3, -0.25) is 9.69 Å². The Labute approximate surface area is 202 Å². The van der Waals surface area contributed by atoms with E-state index in [0.717, 1.165) is 43.9 Å². The first-order valence-electron chi connectivity index (χ1n) is 12.0. The number of methoxy groups -OCH3 is 2. The van der Waals surface area contributed by atoms with E-state index in [9.17, 15) is 4.79 Å². The number of carbonyl (C=O) groups excluding carboxylic acids is 1. The van der Waals surface area contributed by atoms with Crippen molar-refractivity contribution in [2.45, 2.75) is 31.8 Å². The summed E-state index contributed by atoms with van der Waals surface area (Å²) in [6, 6.07) is 27.1. The molecule has 1 N–H and O–H groups in total. The maximum atomic E-state index is 13.1. The molecule has 178 valence electrons. The highest BCUT2D eigenvalue weighted by Crippen LogP contribution is 2.35. The maximum absolute atomic E-state index is 13.1. The fourth-order valence-corrected chi connectivity index (χ4v) is 4.76. The molecular formula is C29H34N2O3. The number of rotatable bonds is 9. The van der Waals surface area contributed by atoms with E-state index in [1.165, 1.54) is 16.7 Å². The van der Waals surface area contributed by atoms with Crippen LogP contribution in [0.15, 0.2) is 78.9 Å². The molecule has 4 rings (SSSR count). The molecule has 0 saturated carbocycles. The van der Waals surface area contributed by atoms with Crippen LogP contribution in [0.1, 0.15) is 35.6 Å². The highest BCUT2D eigenvalue weighted by Gasteiger charge is 2.32. The molecule has 0 aliphatic carbocycles. The van der Waals surface area contributed by atoms with Crippen LogP contribution in [0, 0.1) is 5.92 Å². The molecule has 1 fully saturated rings. The smallest absolute Gasteiger partial charge is 0.224 e. The third-order valence-electron chi connectivity index (χ3n) is 6.63. The van der Waals surface area contributed by atoms with Crippen molar-refractivity contribution in [2.75, 3.05) is 27.3 Å². The summed E-state index contributed by atoms with van der Waals surface area (Å²) in [6.07, 6.45) is 2.66. The number of likely N-dealkylation sites (tertiary alicyclic amines) is 1. The summed E-state index contributed by atoms with van der Waals surface area (Å²) in [5.74, 6) is 1.84. The number of ether oxygens (including phenoxy) is 2. The van der Waals surface area contributed by atoms with E-state index in [1.54, 1.807) is 14.2 Å². The lowest BCUT2D eigenvalue weighted by Gasteiger charge is -2.39. The van der Waals surface area contributed by atoms with Crippen LogP contribution >= 0.6 is 0 Å². The van der Waals surface area contributed by atoms with Gasteiger partial charge in [0.05, 0.1) is 20.1 Å². The SMILES string of the molecule is COc1ccc(CCNC(=O)[C@@H]2CC[C@H](c3ccccc3)N(Cc3cccc(OC)c3)C2)cc1. The summed E-state index contributed by atoms with van der Waals surface area (Å²) in [4.78, 5) is 15.5. The molecule has 34 heavy (non-hydrogen) atoms. The molecule has 1 amide bonds. The second-order valence-corrected chi connectivity index (χ2v) is 8.87. The Balaban J connectivity index is 1.40. The number of hydrogen-bond acceptors (Lipinski definition) is 4. The van der Waals surface area contributed by atoms with E-state index in [1.807, 2.05) is 36.4 Å². The zero-order valence-electron chi connectivity index (χ0n) is 20.1. The average Bonchev–Trinajstić information content (AvgIpc) is 2.89. The Hall–Kier alpha value is -3.31. The van der Waals surface area contributed by atoms with Gasteiger partial charge in [-0.25, -0.2) is 0 Å². The summed E-state index contributed by atoms with van der Waals surface area (Å²) >= 11 is 0. The second-order valence-electron chi connectivity index (χ2n) is 8.87. The van der Waals surface area contributed by atoms with Gasteiger partial charge >= 0.3 is 0 Å². The first-order valence-corrected chi connectivity index (χ1v) is 12.0. The van der Waals surface area contributed by atoms with Crippen LogP contribution < -0.4 is 14.8 Å². The van der Waals surface area contributed by atoms with Gasteiger partial charge in [0.2, 0.25) is 5.91 Å². The number of amides is 1. The van der Waals surface area contributed by atoms with Crippen molar-refractivity contribution in [3.63, 3.8) is 0 Å². The number of benzene rings is 3. The monoisotopic (exact) mass is 458 g/mol. The highest BCUT2D eigenvalue weighted by atomic mass is 16.5. The maximum Gasteiger partial charge on any atom is 0.224 e. The van der Waals surface area contributed by atoms with Gasteiger partial charge < -0.3 is 14.8 Å². The van der Waals surface area contributed by atoms with Gasteiger partial charge in [-0.2, -0.15) is 0 Å². The molecular weight excluding hydrogens is 424 g/mol. The molecule has 0 aromatic heterocycles. The summed E-state index contributed by atoms with van der Waals surface area (Å²) in [5, 5.41) is 3.17. The number of nitrogens with zero attached hydrogens (tertiary/aromatic N) is 1. The highest BCUT2D eigenvalue weighted by molar-refractivity contribution is 5.79. The van der Waals surface area contributed by atoms with Crippen LogP contribution in [0.2, 0.25) is 0 Å². The van der Waals surface area contributed by atoms with Gasteiger partial charge in [0.15, 0.2) is 0 Å². The summed E-state index contributed by atoms with van der Waals surface area (Å²) in [6.45, 7) is 2.16. The number of carbonyl (C=O) groups is 1. The third kappa shape index (κ3) is 6.17. The molecule has 2 atom stereocenters. The zero-order valence-corrected chi connectivity index (χ0v) is 20.1. The van der Waals surface area contributed by atoms with E-state index >= 15 is 0 Å². The normalized spacial score (nSPS) is 18.3. The largest absolute Gasteiger partial charge is 0.497 e. The van der Waals surface area contributed by atoms with E-state index < -0.39 is 0 Å². The van der Waals surface area contributed by atoms with Gasteiger partial charge in [-0.1, -0.05) is 54.6 Å². The molecule has 0 spiro atoms. The topological polar surface area (TPSA) is 50.8 Å². The van der Waals surface area contributed by atoms with E-state index in [-0.39, 0.29) is 11.8 Å². The third-order valence-corrected chi connectivity index (χ3v) is 6.63. The average molecular weight is 459 g/mol. The molecule has 5 nitrogen and oxygen atoms in total. The molecule has 1 saturated heterocycles. The first kappa shape index (κ1) is 23.8. The standard InChI is InChI=1S/C29H34N2O3/c1-33-26-14-11-22(12-15-26)17-18-30-29(32)25-13-16-28(24-8-4-3-5-9-24)31(21-25)20-23-7-6-10-27(19-23)34-2/h3-12,14-15,19,25,28H,13,16-18,20-21H2,1-2H3,(H,30,32)/t25-,28-/m1/s1. The van der Waals surface area contributed by atoms with E-state index in [0.29, 0.717) is 12.6 Å². The van der Waals surface area contributed by atoms with Crippen LogP contribution in [-0.2, 0) is 17.8 Å².